The highest BCUT2D eigenvalue weighted by molar-refractivity contribution is 6.03. The van der Waals surface area contributed by atoms with Crippen LogP contribution in [0.1, 0.15) is 27.9 Å². The van der Waals surface area contributed by atoms with Crippen LogP contribution in [0.4, 0.5) is 0 Å². The predicted octanol–water partition coefficient (Wildman–Crippen LogP) is 1.81. The number of hydrogen-bond acceptors (Lipinski definition) is 5. The van der Waals surface area contributed by atoms with E-state index in [1.807, 2.05) is 12.1 Å². The van der Waals surface area contributed by atoms with E-state index in [2.05, 4.69) is 15.5 Å². The molecule has 0 fully saturated rings. The van der Waals surface area contributed by atoms with Gasteiger partial charge in [0.05, 0.1) is 11.7 Å². The van der Waals surface area contributed by atoms with E-state index >= 15 is 0 Å². The zero-order chi connectivity index (χ0) is 18.1. The lowest BCUT2D eigenvalue weighted by molar-refractivity contribution is 0.0950. The van der Waals surface area contributed by atoms with Gasteiger partial charge < -0.3 is 9.67 Å². The van der Waals surface area contributed by atoms with Gasteiger partial charge in [-0.3, -0.25) is 14.6 Å². The molecular weight excluding hydrogens is 332 g/mol. The van der Waals surface area contributed by atoms with Crippen molar-refractivity contribution in [3.63, 3.8) is 0 Å². The minimum atomic E-state index is -0.737. The Kier molecular flexibility index (Phi) is 3.96. The number of amides is 1. The second kappa shape index (κ2) is 6.44. The largest absolute Gasteiger partial charge is 0.506 e. The van der Waals surface area contributed by atoms with Crippen molar-refractivity contribution in [1.29, 1.82) is 0 Å². The van der Waals surface area contributed by atoms with Crippen molar-refractivity contribution < 1.29 is 9.90 Å². The number of para-hydroxylation sites is 1. The molecule has 3 heterocycles. The van der Waals surface area contributed by atoms with E-state index in [1.165, 1.54) is 6.21 Å². The normalized spacial score (nSPS) is 13.2. The van der Waals surface area contributed by atoms with E-state index in [4.69, 9.17) is 0 Å². The monoisotopic (exact) mass is 348 g/mol. The smallest absolute Gasteiger partial charge is 0.280 e. The molecule has 3 aromatic rings. The van der Waals surface area contributed by atoms with E-state index in [9.17, 15) is 14.7 Å². The number of aromatic nitrogens is 2. The summed E-state index contributed by atoms with van der Waals surface area (Å²) in [6.45, 7) is 0.521. The number of hydrogen-bond donors (Lipinski definition) is 2. The van der Waals surface area contributed by atoms with Gasteiger partial charge in [-0.15, -0.1) is 0 Å². The average molecular weight is 348 g/mol. The van der Waals surface area contributed by atoms with Crippen LogP contribution in [0.2, 0.25) is 0 Å². The van der Waals surface area contributed by atoms with Crippen molar-refractivity contribution in [2.45, 2.75) is 19.4 Å². The molecule has 7 heteroatoms. The number of nitrogens with zero attached hydrogens (tertiary/aromatic N) is 3. The van der Waals surface area contributed by atoms with Crippen LogP contribution in [0.15, 0.2) is 52.6 Å². The molecule has 1 amide bonds. The quantitative estimate of drug-likeness (QED) is 0.557. The molecule has 130 valence electrons. The molecule has 26 heavy (non-hydrogen) atoms. The predicted molar refractivity (Wildman–Crippen MR) is 97.5 cm³/mol. The molecule has 0 bridgehead atoms. The molecule has 1 aliphatic heterocycles. The topological polar surface area (TPSA) is 96.6 Å². The van der Waals surface area contributed by atoms with Crippen molar-refractivity contribution in [2.24, 2.45) is 5.10 Å². The summed E-state index contributed by atoms with van der Waals surface area (Å²) < 4.78 is 1.56. The van der Waals surface area contributed by atoms with Crippen molar-refractivity contribution in [3.05, 3.63) is 69.8 Å². The number of carbonyl (C=O) groups excluding carboxylic acids is 1. The maximum absolute atomic E-state index is 12.8. The maximum Gasteiger partial charge on any atom is 0.280 e. The van der Waals surface area contributed by atoms with Gasteiger partial charge in [0.15, 0.2) is 0 Å². The molecule has 0 saturated heterocycles. The Morgan fingerprint density at radius 3 is 2.88 bits per heavy atom. The summed E-state index contributed by atoms with van der Waals surface area (Å²) >= 11 is 0. The van der Waals surface area contributed by atoms with Crippen LogP contribution >= 0.6 is 0 Å². The molecule has 1 aromatic carbocycles. The summed E-state index contributed by atoms with van der Waals surface area (Å²) in [6.07, 6.45) is 6.31. The molecule has 7 nitrogen and oxygen atoms in total. The Hall–Kier alpha value is -3.48. The molecule has 0 atom stereocenters. The summed E-state index contributed by atoms with van der Waals surface area (Å²) in [4.78, 5) is 29.2. The van der Waals surface area contributed by atoms with Gasteiger partial charge in [-0.1, -0.05) is 12.1 Å². The third-order valence-electron chi connectivity index (χ3n) is 4.48. The van der Waals surface area contributed by atoms with Crippen LogP contribution in [0.3, 0.4) is 0 Å². The zero-order valence-corrected chi connectivity index (χ0v) is 13.8. The first-order valence-electron chi connectivity index (χ1n) is 8.27. The first-order chi connectivity index (χ1) is 12.7. The van der Waals surface area contributed by atoms with Crippen LogP contribution in [0.5, 0.6) is 5.75 Å². The fraction of sp³-hybridized carbons (Fsp3) is 0.158. The number of aryl methyl sites for hydroxylation is 2. The van der Waals surface area contributed by atoms with Crippen LogP contribution in [-0.2, 0) is 13.0 Å². The average Bonchev–Trinajstić information content (AvgIpc) is 2.67. The van der Waals surface area contributed by atoms with Gasteiger partial charge in [0.2, 0.25) is 0 Å². The summed E-state index contributed by atoms with van der Waals surface area (Å²) in [5, 5.41) is 14.9. The molecule has 4 rings (SSSR count). The molecule has 0 radical (unpaired) electrons. The molecule has 1 aliphatic rings. The molecule has 0 unspecified atom stereocenters. The molecule has 0 aliphatic carbocycles. The Bertz CT molecular complexity index is 1090. The summed E-state index contributed by atoms with van der Waals surface area (Å²) in [7, 11) is 0. The van der Waals surface area contributed by atoms with Gasteiger partial charge in [-0.25, -0.2) is 5.43 Å². The van der Waals surface area contributed by atoms with Gasteiger partial charge in [0.25, 0.3) is 11.5 Å². The molecule has 0 saturated carbocycles. The number of nitrogens with one attached hydrogen (secondary N) is 1. The van der Waals surface area contributed by atoms with E-state index < -0.39 is 11.5 Å². The van der Waals surface area contributed by atoms with Crippen molar-refractivity contribution in [2.75, 3.05) is 0 Å². The summed E-state index contributed by atoms with van der Waals surface area (Å²) in [6, 6.07) is 8.93. The standard InChI is InChI=1S/C19H16N4O3/c24-17-14-5-1-3-13-4-2-10-23(16(13)14)19(26)15(17)18(25)22-21-11-12-6-8-20-9-7-12/h1,3,5-9,11,24H,2,4,10H2,(H,22,25)/b21-11+. The van der Waals surface area contributed by atoms with Gasteiger partial charge in [0, 0.05) is 24.3 Å². The first kappa shape index (κ1) is 16.0. The number of hydrazone groups is 1. The van der Waals surface area contributed by atoms with Crippen LogP contribution in [0.25, 0.3) is 10.9 Å². The van der Waals surface area contributed by atoms with E-state index in [0.717, 1.165) is 24.0 Å². The number of aromatic hydroxyl groups is 1. The Morgan fingerprint density at radius 1 is 1.27 bits per heavy atom. The second-order valence-corrected chi connectivity index (χ2v) is 6.08. The van der Waals surface area contributed by atoms with Crippen LogP contribution < -0.4 is 11.0 Å². The van der Waals surface area contributed by atoms with Gasteiger partial charge in [0.1, 0.15) is 11.3 Å². The highest BCUT2D eigenvalue weighted by atomic mass is 16.3. The summed E-state index contributed by atoms with van der Waals surface area (Å²) in [5.74, 6) is -1.04. The third kappa shape index (κ3) is 2.63. The first-order valence-corrected chi connectivity index (χ1v) is 8.27. The third-order valence-corrected chi connectivity index (χ3v) is 4.48. The minimum Gasteiger partial charge on any atom is -0.506 e. The molecule has 2 N–H and O–H groups in total. The van der Waals surface area contributed by atoms with Crippen molar-refractivity contribution in [1.82, 2.24) is 15.0 Å². The van der Waals surface area contributed by atoms with E-state index in [-0.39, 0.29) is 11.3 Å². The lowest BCUT2D eigenvalue weighted by Gasteiger charge is -2.21. The van der Waals surface area contributed by atoms with Crippen LogP contribution in [0, 0.1) is 0 Å². The Labute approximate surface area is 148 Å². The fourth-order valence-electron chi connectivity index (χ4n) is 3.29. The zero-order valence-electron chi connectivity index (χ0n) is 13.8. The highest BCUT2D eigenvalue weighted by Crippen LogP contribution is 2.31. The Morgan fingerprint density at radius 2 is 2.08 bits per heavy atom. The molecule has 0 spiro atoms. The number of pyridine rings is 2. The Balaban J connectivity index is 1.74. The van der Waals surface area contributed by atoms with Gasteiger partial charge >= 0.3 is 0 Å². The molecular formula is C19H16N4O3. The highest BCUT2D eigenvalue weighted by Gasteiger charge is 2.24. The van der Waals surface area contributed by atoms with Crippen LogP contribution in [-0.4, -0.2) is 26.8 Å². The summed E-state index contributed by atoms with van der Waals surface area (Å²) in [5.41, 5.74) is 3.98. The lowest BCUT2D eigenvalue weighted by Crippen LogP contribution is -2.33. The van der Waals surface area contributed by atoms with Gasteiger partial charge in [-0.2, -0.15) is 5.10 Å². The minimum absolute atomic E-state index is 0.288. The lowest BCUT2D eigenvalue weighted by atomic mass is 9.99. The van der Waals surface area contributed by atoms with Gasteiger partial charge in [-0.05, 0) is 42.2 Å². The van der Waals surface area contributed by atoms with E-state index in [1.54, 1.807) is 35.2 Å². The SMILES string of the molecule is O=C(N/N=C/c1ccncc1)c1c(O)c2cccc3c2n(c1=O)CCC3. The number of rotatable bonds is 3. The maximum atomic E-state index is 12.8. The van der Waals surface area contributed by atoms with E-state index in [0.29, 0.717) is 17.4 Å². The van der Waals surface area contributed by atoms with Crippen molar-refractivity contribution >= 4 is 23.0 Å². The van der Waals surface area contributed by atoms with Crippen molar-refractivity contribution in [3.8, 4) is 5.75 Å². The second-order valence-electron chi connectivity index (χ2n) is 6.08. The number of benzene rings is 1. The fourth-order valence-corrected chi connectivity index (χ4v) is 3.29. The number of carbonyl (C=O) groups is 1. The molecule has 2 aromatic heterocycles.